The Morgan fingerprint density at radius 1 is 1.38 bits per heavy atom. The zero-order chi connectivity index (χ0) is 15.9. The van der Waals surface area contributed by atoms with Gasteiger partial charge < -0.3 is 15.4 Å². The third kappa shape index (κ3) is 4.81. The Labute approximate surface area is 127 Å². The van der Waals surface area contributed by atoms with Crippen LogP contribution in [0.1, 0.15) is 19.4 Å². The summed E-state index contributed by atoms with van der Waals surface area (Å²) in [5.41, 5.74) is 5.75. The fourth-order valence-corrected chi connectivity index (χ4v) is 2.46. The molecule has 0 spiro atoms. The molecule has 1 unspecified atom stereocenters. The summed E-state index contributed by atoms with van der Waals surface area (Å²) in [5, 5.41) is 3.36. The molecule has 0 aliphatic rings. The molecule has 1 rings (SSSR count). The summed E-state index contributed by atoms with van der Waals surface area (Å²) in [5.74, 6) is -0.369. The number of nitrogens with zero attached hydrogens (tertiary/aromatic N) is 1. The minimum absolute atomic E-state index is 0.133. The summed E-state index contributed by atoms with van der Waals surface area (Å²) in [6, 6.07) is 9.77. The van der Waals surface area contributed by atoms with Crippen molar-refractivity contribution in [2.24, 2.45) is 5.73 Å². The van der Waals surface area contributed by atoms with E-state index in [0.29, 0.717) is 13.2 Å². The van der Waals surface area contributed by atoms with Gasteiger partial charge in [0, 0.05) is 26.2 Å². The van der Waals surface area contributed by atoms with Crippen molar-refractivity contribution in [1.29, 1.82) is 0 Å². The predicted molar refractivity (Wildman–Crippen MR) is 85.0 cm³/mol. The van der Waals surface area contributed by atoms with Gasteiger partial charge in [0.05, 0.1) is 6.61 Å². The van der Waals surface area contributed by atoms with E-state index in [-0.39, 0.29) is 11.9 Å². The van der Waals surface area contributed by atoms with Gasteiger partial charge in [0.25, 0.3) is 0 Å². The SMILES string of the molecule is COCCN(C)CC(NC(C)C)(C(N)=O)c1ccccc1. The van der Waals surface area contributed by atoms with Crippen LogP contribution in [0, 0.1) is 0 Å². The van der Waals surface area contributed by atoms with E-state index >= 15 is 0 Å². The molecule has 3 N–H and O–H groups in total. The first-order chi connectivity index (χ1) is 9.92. The molecule has 0 radical (unpaired) electrons. The zero-order valence-corrected chi connectivity index (χ0v) is 13.4. The molecule has 1 amide bonds. The van der Waals surface area contributed by atoms with Gasteiger partial charge >= 0.3 is 0 Å². The number of benzene rings is 1. The summed E-state index contributed by atoms with van der Waals surface area (Å²) < 4.78 is 5.10. The van der Waals surface area contributed by atoms with Gasteiger partial charge in [0.15, 0.2) is 0 Å². The van der Waals surface area contributed by atoms with Gasteiger partial charge in [0.1, 0.15) is 5.54 Å². The van der Waals surface area contributed by atoms with Crippen LogP contribution in [0.2, 0.25) is 0 Å². The van der Waals surface area contributed by atoms with Gasteiger partial charge in [-0.05, 0) is 26.5 Å². The number of hydrogen-bond acceptors (Lipinski definition) is 4. The number of methoxy groups -OCH3 is 1. The van der Waals surface area contributed by atoms with Gasteiger partial charge in [-0.1, -0.05) is 30.3 Å². The van der Waals surface area contributed by atoms with Crippen molar-refractivity contribution in [3.05, 3.63) is 35.9 Å². The Hall–Kier alpha value is -1.43. The highest BCUT2D eigenvalue weighted by Crippen LogP contribution is 2.23. The fraction of sp³-hybridized carbons (Fsp3) is 0.562. The number of likely N-dealkylation sites (N-methyl/N-ethyl adjacent to an activating group) is 1. The molecule has 118 valence electrons. The molecule has 21 heavy (non-hydrogen) atoms. The second kappa shape index (κ2) is 8.12. The molecule has 5 heteroatoms. The maximum atomic E-state index is 12.3. The number of primary amides is 1. The Kier molecular flexibility index (Phi) is 6.81. The molecule has 0 aromatic heterocycles. The maximum Gasteiger partial charge on any atom is 0.243 e. The third-order valence-electron chi connectivity index (χ3n) is 3.41. The van der Waals surface area contributed by atoms with Crippen LogP contribution in [0.4, 0.5) is 0 Å². The Balaban J connectivity index is 3.10. The molecule has 0 fully saturated rings. The van der Waals surface area contributed by atoms with Crippen molar-refractivity contribution in [3.8, 4) is 0 Å². The lowest BCUT2D eigenvalue weighted by Gasteiger charge is -2.37. The zero-order valence-electron chi connectivity index (χ0n) is 13.4. The number of nitrogens with one attached hydrogen (secondary N) is 1. The van der Waals surface area contributed by atoms with Crippen molar-refractivity contribution in [3.63, 3.8) is 0 Å². The van der Waals surface area contributed by atoms with Gasteiger partial charge in [-0.25, -0.2) is 0 Å². The summed E-state index contributed by atoms with van der Waals surface area (Å²) in [7, 11) is 3.63. The maximum absolute atomic E-state index is 12.3. The van der Waals surface area contributed by atoms with Crippen LogP contribution in [0.5, 0.6) is 0 Å². The molecular weight excluding hydrogens is 266 g/mol. The molecule has 0 saturated carbocycles. The molecule has 1 aromatic carbocycles. The first-order valence-electron chi connectivity index (χ1n) is 7.23. The van der Waals surface area contributed by atoms with E-state index in [1.54, 1.807) is 7.11 Å². The average Bonchev–Trinajstić information content (AvgIpc) is 2.44. The molecule has 0 heterocycles. The minimum atomic E-state index is -0.905. The van der Waals surface area contributed by atoms with E-state index in [4.69, 9.17) is 10.5 Å². The molecule has 5 nitrogen and oxygen atoms in total. The number of nitrogens with two attached hydrogens (primary N) is 1. The van der Waals surface area contributed by atoms with E-state index < -0.39 is 5.54 Å². The Bertz CT molecular complexity index is 436. The summed E-state index contributed by atoms with van der Waals surface area (Å²) in [4.78, 5) is 14.3. The molecule has 1 atom stereocenters. The van der Waals surface area contributed by atoms with Crippen molar-refractivity contribution < 1.29 is 9.53 Å². The standard InChI is InChI=1S/C16H27N3O2/c1-13(2)18-16(15(17)20,12-19(3)10-11-21-4)14-8-6-5-7-9-14/h5-9,13,18H,10-12H2,1-4H3,(H2,17,20). The van der Waals surface area contributed by atoms with Crippen molar-refractivity contribution >= 4 is 5.91 Å². The lowest BCUT2D eigenvalue weighted by Crippen LogP contribution is -2.60. The first-order valence-corrected chi connectivity index (χ1v) is 7.23. The minimum Gasteiger partial charge on any atom is -0.383 e. The number of ether oxygens (including phenoxy) is 1. The molecule has 0 bridgehead atoms. The van der Waals surface area contributed by atoms with E-state index in [9.17, 15) is 4.79 Å². The van der Waals surface area contributed by atoms with E-state index in [1.807, 2.05) is 51.2 Å². The van der Waals surface area contributed by atoms with Crippen LogP contribution < -0.4 is 11.1 Å². The quantitative estimate of drug-likeness (QED) is 0.711. The summed E-state index contributed by atoms with van der Waals surface area (Å²) in [6.45, 7) is 5.86. The highest BCUT2D eigenvalue weighted by atomic mass is 16.5. The highest BCUT2D eigenvalue weighted by molar-refractivity contribution is 5.86. The van der Waals surface area contributed by atoms with E-state index in [2.05, 4.69) is 10.2 Å². The molecule has 1 aromatic rings. The number of carbonyl (C=O) groups is 1. The van der Waals surface area contributed by atoms with Gasteiger partial charge in [-0.3, -0.25) is 10.1 Å². The molecule has 0 aliphatic heterocycles. The number of rotatable bonds is 9. The van der Waals surface area contributed by atoms with Crippen LogP contribution in [-0.2, 0) is 15.1 Å². The first kappa shape index (κ1) is 17.6. The topological polar surface area (TPSA) is 67.6 Å². The normalized spacial score (nSPS) is 14.4. The summed E-state index contributed by atoms with van der Waals surface area (Å²) >= 11 is 0. The average molecular weight is 293 g/mol. The second-order valence-electron chi connectivity index (χ2n) is 5.67. The monoisotopic (exact) mass is 293 g/mol. The smallest absolute Gasteiger partial charge is 0.243 e. The highest BCUT2D eigenvalue weighted by Gasteiger charge is 2.39. The van der Waals surface area contributed by atoms with Crippen LogP contribution in [-0.4, -0.2) is 50.7 Å². The van der Waals surface area contributed by atoms with Gasteiger partial charge in [0.2, 0.25) is 5.91 Å². The number of amides is 1. The van der Waals surface area contributed by atoms with E-state index in [0.717, 1.165) is 12.1 Å². The van der Waals surface area contributed by atoms with Gasteiger partial charge in [-0.15, -0.1) is 0 Å². The molecular formula is C16H27N3O2. The summed E-state index contributed by atoms with van der Waals surface area (Å²) in [6.07, 6.45) is 0. The fourth-order valence-electron chi connectivity index (χ4n) is 2.46. The van der Waals surface area contributed by atoms with Crippen molar-refractivity contribution in [2.75, 3.05) is 33.9 Å². The Morgan fingerprint density at radius 2 is 2.00 bits per heavy atom. The van der Waals surface area contributed by atoms with Crippen LogP contribution in [0.25, 0.3) is 0 Å². The molecule has 0 saturated heterocycles. The molecule has 0 aliphatic carbocycles. The van der Waals surface area contributed by atoms with E-state index in [1.165, 1.54) is 0 Å². The number of hydrogen-bond donors (Lipinski definition) is 2. The van der Waals surface area contributed by atoms with Gasteiger partial charge in [-0.2, -0.15) is 0 Å². The predicted octanol–water partition coefficient (Wildman–Crippen LogP) is 0.943. The third-order valence-corrected chi connectivity index (χ3v) is 3.41. The van der Waals surface area contributed by atoms with Crippen molar-refractivity contribution in [2.45, 2.75) is 25.4 Å². The lowest BCUT2D eigenvalue weighted by molar-refractivity contribution is -0.126. The van der Waals surface area contributed by atoms with Crippen LogP contribution >= 0.6 is 0 Å². The lowest BCUT2D eigenvalue weighted by atomic mass is 9.87. The van der Waals surface area contributed by atoms with Crippen molar-refractivity contribution in [1.82, 2.24) is 10.2 Å². The van der Waals surface area contributed by atoms with Crippen LogP contribution in [0.3, 0.4) is 0 Å². The Morgan fingerprint density at radius 3 is 2.48 bits per heavy atom. The number of carbonyl (C=O) groups excluding carboxylic acids is 1. The van der Waals surface area contributed by atoms with Crippen LogP contribution in [0.15, 0.2) is 30.3 Å². The second-order valence-corrected chi connectivity index (χ2v) is 5.67. The largest absolute Gasteiger partial charge is 0.383 e.